The van der Waals surface area contributed by atoms with Gasteiger partial charge in [-0.05, 0) is 24.7 Å². The second-order valence-electron chi connectivity index (χ2n) is 3.16. The zero-order valence-electron chi connectivity index (χ0n) is 9.27. The molecular formula is C12H12F3NO. The third-order valence-electron chi connectivity index (χ3n) is 1.76. The van der Waals surface area contributed by atoms with E-state index in [1.165, 1.54) is 18.2 Å². The normalized spacial score (nSPS) is 10.6. The van der Waals surface area contributed by atoms with Crippen LogP contribution in [0, 0.1) is 11.8 Å². The Morgan fingerprint density at radius 2 is 2.12 bits per heavy atom. The van der Waals surface area contributed by atoms with Crippen LogP contribution >= 0.6 is 0 Å². The SMILES string of the molecule is CCNCC#Cc1cccc(OC(F)(F)F)c1. The number of ether oxygens (including phenoxy) is 1. The lowest BCUT2D eigenvalue weighted by Gasteiger charge is -2.08. The lowest BCUT2D eigenvalue weighted by atomic mass is 10.2. The summed E-state index contributed by atoms with van der Waals surface area (Å²) in [6.45, 7) is 3.24. The smallest absolute Gasteiger partial charge is 0.406 e. The number of halogens is 3. The van der Waals surface area contributed by atoms with Gasteiger partial charge in [0.25, 0.3) is 0 Å². The van der Waals surface area contributed by atoms with E-state index < -0.39 is 6.36 Å². The maximum Gasteiger partial charge on any atom is 0.573 e. The summed E-state index contributed by atoms with van der Waals surface area (Å²) in [7, 11) is 0. The van der Waals surface area contributed by atoms with E-state index in [0.717, 1.165) is 6.54 Å². The van der Waals surface area contributed by atoms with Crippen LogP contribution in [0.15, 0.2) is 24.3 Å². The molecular weight excluding hydrogens is 231 g/mol. The third-order valence-corrected chi connectivity index (χ3v) is 1.76. The van der Waals surface area contributed by atoms with E-state index in [1.54, 1.807) is 6.07 Å². The Hall–Kier alpha value is -1.67. The third kappa shape index (κ3) is 5.83. The average molecular weight is 243 g/mol. The van der Waals surface area contributed by atoms with Crippen molar-refractivity contribution >= 4 is 0 Å². The molecule has 0 aromatic heterocycles. The maximum absolute atomic E-state index is 12.0. The summed E-state index contributed by atoms with van der Waals surface area (Å²) < 4.78 is 39.7. The first-order chi connectivity index (χ1) is 8.01. The molecule has 0 saturated carbocycles. The molecule has 1 N–H and O–H groups in total. The van der Waals surface area contributed by atoms with Crippen molar-refractivity contribution in [2.24, 2.45) is 0 Å². The molecule has 0 atom stereocenters. The summed E-state index contributed by atoms with van der Waals surface area (Å²) >= 11 is 0. The van der Waals surface area contributed by atoms with Crippen LogP contribution in [0.2, 0.25) is 0 Å². The van der Waals surface area contributed by atoms with Gasteiger partial charge in [-0.3, -0.25) is 0 Å². The van der Waals surface area contributed by atoms with Gasteiger partial charge in [-0.1, -0.05) is 24.8 Å². The molecule has 0 radical (unpaired) electrons. The van der Waals surface area contributed by atoms with Crippen molar-refractivity contribution in [2.75, 3.05) is 13.1 Å². The van der Waals surface area contributed by atoms with E-state index in [-0.39, 0.29) is 5.75 Å². The highest BCUT2D eigenvalue weighted by molar-refractivity contribution is 5.39. The van der Waals surface area contributed by atoms with E-state index in [0.29, 0.717) is 12.1 Å². The number of nitrogens with one attached hydrogen (secondary N) is 1. The minimum Gasteiger partial charge on any atom is -0.406 e. The van der Waals surface area contributed by atoms with Gasteiger partial charge >= 0.3 is 6.36 Å². The van der Waals surface area contributed by atoms with Gasteiger partial charge in [-0.15, -0.1) is 13.2 Å². The van der Waals surface area contributed by atoms with Gasteiger partial charge in [0.15, 0.2) is 0 Å². The highest BCUT2D eigenvalue weighted by Crippen LogP contribution is 2.22. The number of hydrogen-bond donors (Lipinski definition) is 1. The Morgan fingerprint density at radius 3 is 2.76 bits per heavy atom. The summed E-state index contributed by atoms with van der Waals surface area (Å²) in [6.07, 6.45) is -4.67. The van der Waals surface area contributed by atoms with Gasteiger partial charge in [0, 0.05) is 5.56 Å². The molecule has 0 bridgehead atoms. The topological polar surface area (TPSA) is 21.3 Å². The van der Waals surface area contributed by atoms with Crippen molar-refractivity contribution in [2.45, 2.75) is 13.3 Å². The van der Waals surface area contributed by atoms with Crippen molar-refractivity contribution in [3.05, 3.63) is 29.8 Å². The monoisotopic (exact) mass is 243 g/mol. The quantitative estimate of drug-likeness (QED) is 0.650. The van der Waals surface area contributed by atoms with Crippen molar-refractivity contribution in [1.29, 1.82) is 0 Å². The zero-order chi connectivity index (χ0) is 12.7. The van der Waals surface area contributed by atoms with Crippen LogP contribution in [-0.2, 0) is 0 Å². The molecule has 0 amide bonds. The molecule has 0 aliphatic rings. The van der Waals surface area contributed by atoms with E-state index in [9.17, 15) is 13.2 Å². The molecule has 0 unspecified atom stereocenters. The highest BCUT2D eigenvalue weighted by atomic mass is 19.4. The summed E-state index contributed by atoms with van der Waals surface area (Å²) in [4.78, 5) is 0. The average Bonchev–Trinajstić information content (AvgIpc) is 2.23. The first-order valence-electron chi connectivity index (χ1n) is 5.06. The van der Waals surface area contributed by atoms with Crippen LogP contribution in [0.4, 0.5) is 13.2 Å². The molecule has 0 saturated heterocycles. The predicted molar refractivity (Wildman–Crippen MR) is 58.5 cm³/mol. The van der Waals surface area contributed by atoms with Crippen molar-refractivity contribution in [3.8, 4) is 17.6 Å². The van der Waals surface area contributed by atoms with Crippen molar-refractivity contribution < 1.29 is 17.9 Å². The first kappa shape index (κ1) is 13.4. The Kier molecular flexibility index (Phi) is 4.85. The number of benzene rings is 1. The lowest BCUT2D eigenvalue weighted by Crippen LogP contribution is -2.17. The largest absolute Gasteiger partial charge is 0.573 e. The number of rotatable bonds is 3. The summed E-state index contributed by atoms with van der Waals surface area (Å²) in [5.74, 6) is 5.28. The zero-order valence-corrected chi connectivity index (χ0v) is 9.27. The van der Waals surface area contributed by atoms with Gasteiger partial charge in [0.1, 0.15) is 5.75 Å². The highest BCUT2D eigenvalue weighted by Gasteiger charge is 2.30. The van der Waals surface area contributed by atoms with E-state index >= 15 is 0 Å². The Bertz CT molecular complexity index is 418. The molecule has 0 spiro atoms. The van der Waals surface area contributed by atoms with E-state index in [4.69, 9.17) is 0 Å². The van der Waals surface area contributed by atoms with Crippen LogP contribution in [0.25, 0.3) is 0 Å². The Labute approximate surface area is 97.8 Å². The van der Waals surface area contributed by atoms with Crippen LogP contribution in [0.3, 0.4) is 0 Å². The molecule has 0 heterocycles. The lowest BCUT2D eigenvalue weighted by molar-refractivity contribution is -0.274. The molecule has 92 valence electrons. The van der Waals surface area contributed by atoms with E-state index in [2.05, 4.69) is 21.9 Å². The van der Waals surface area contributed by atoms with Gasteiger partial charge in [-0.25, -0.2) is 0 Å². The summed E-state index contributed by atoms with van der Waals surface area (Å²) in [5.41, 5.74) is 0.490. The molecule has 0 fully saturated rings. The number of hydrogen-bond acceptors (Lipinski definition) is 2. The van der Waals surface area contributed by atoms with Crippen LogP contribution in [-0.4, -0.2) is 19.5 Å². The fraction of sp³-hybridized carbons (Fsp3) is 0.333. The van der Waals surface area contributed by atoms with Gasteiger partial charge < -0.3 is 10.1 Å². The first-order valence-corrected chi connectivity index (χ1v) is 5.06. The van der Waals surface area contributed by atoms with Crippen LogP contribution in [0.5, 0.6) is 5.75 Å². The Balaban J connectivity index is 2.68. The van der Waals surface area contributed by atoms with Crippen molar-refractivity contribution in [3.63, 3.8) is 0 Å². The minimum absolute atomic E-state index is 0.257. The molecule has 1 aromatic rings. The molecule has 1 rings (SSSR count). The standard InChI is InChI=1S/C12H12F3NO/c1-2-16-8-4-6-10-5-3-7-11(9-10)17-12(13,14)15/h3,5,7,9,16H,2,8H2,1H3. The van der Waals surface area contributed by atoms with Crippen LogP contribution in [0.1, 0.15) is 12.5 Å². The van der Waals surface area contributed by atoms with E-state index in [1.807, 2.05) is 6.92 Å². The molecule has 5 heteroatoms. The molecule has 0 aliphatic heterocycles. The molecule has 1 aromatic carbocycles. The summed E-state index contributed by atoms with van der Waals surface area (Å²) in [5, 5.41) is 2.99. The number of alkyl halides is 3. The Morgan fingerprint density at radius 1 is 1.35 bits per heavy atom. The minimum atomic E-state index is -4.67. The van der Waals surface area contributed by atoms with Gasteiger partial charge in [0.05, 0.1) is 6.54 Å². The van der Waals surface area contributed by atoms with Crippen LogP contribution < -0.4 is 10.1 Å². The molecule has 2 nitrogen and oxygen atoms in total. The van der Waals surface area contributed by atoms with Crippen molar-refractivity contribution in [1.82, 2.24) is 5.32 Å². The van der Waals surface area contributed by atoms with Gasteiger partial charge in [0.2, 0.25) is 0 Å². The van der Waals surface area contributed by atoms with Gasteiger partial charge in [-0.2, -0.15) is 0 Å². The predicted octanol–water partition coefficient (Wildman–Crippen LogP) is 2.55. The fourth-order valence-electron chi connectivity index (χ4n) is 1.10. The second-order valence-corrected chi connectivity index (χ2v) is 3.16. The second kappa shape index (κ2) is 6.16. The molecule has 0 aliphatic carbocycles. The maximum atomic E-state index is 12.0. The molecule has 17 heavy (non-hydrogen) atoms. The fourth-order valence-corrected chi connectivity index (χ4v) is 1.10. The summed E-state index contributed by atoms with van der Waals surface area (Å²) in [6, 6.07) is 5.59.